The summed E-state index contributed by atoms with van der Waals surface area (Å²) in [5.74, 6) is 0.998. The molecule has 0 aliphatic carbocycles. The van der Waals surface area contributed by atoms with Gasteiger partial charge in [-0.3, -0.25) is 0 Å². The third kappa shape index (κ3) is 8.08. The molecule has 0 aromatic heterocycles. The van der Waals surface area contributed by atoms with Gasteiger partial charge in [-0.05, 0) is 75.7 Å². The second-order valence-electron chi connectivity index (χ2n) is 7.76. The molecule has 0 aliphatic heterocycles. The Morgan fingerprint density at radius 2 is 0.897 bits per heavy atom. The normalized spacial score (nSPS) is 12.8. The van der Waals surface area contributed by atoms with Gasteiger partial charge >= 0.3 is 25.7 Å². The molecule has 0 aliphatic rings. The average Bonchev–Trinajstić information content (AvgIpc) is 2.51. The lowest BCUT2D eigenvalue weighted by Gasteiger charge is -2.37. The minimum absolute atomic E-state index is 0.479. The predicted molar refractivity (Wildman–Crippen MR) is 129 cm³/mol. The van der Waals surface area contributed by atoms with Crippen molar-refractivity contribution in [3.05, 3.63) is 56.5 Å². The van der Waals surface area contributed by atoms with Crippen LogP contribution in [0.15, 0.2) is 36.4 Å². The molecular weight excluding hydrogens is 506 g/mol. The lowest BCUT2D eigenvalue weighted by atomic mass is 10.3. The molecule has 0 saturated heterocycles. The highest BCUT2D eigenvalue weighted by Crippen LogP contribution is 2.33. The zero-order valence-electron chi connectivity index (χ0n) is 17.1. The van der Waals surface area contributed by atoms with E-state index in [9.17, 15) is 0 Å². The summed E-state index contributed by atoms with van der Waals surface area (Å²) in [7, 11) is -7.89. The topological polar surface area (TPSA) is 36.9 Å². The van der Waals surface area contributed by atoms with E-state index in [1.807, 2.05) is 39.3 Å². The molecule has 0 heterocycles. The number of benzene rings is 2. The summed E-state index contributed by atoms with van der Waals surface area (Å²) in [6.07, 6.45) is 0. The smallest absolute Gasteiger partial charge is 0.383 e. The Labute approximate surface area is 195 Å². The molecule has 0 saturated carbocycles. The Balaban J connectivity index is 2.10. The maximum Gasteiger partial charge on any atom is 0.383 e. The van der Waals surface area contributed by atoms with E-state index in [4.69, 9.17) is 63.5 Å². The molecule has 0 bridgehead atoms. The highest BCUT2D eigenvalue weighted by Gasteiger charge is 2.44. The first kappa shape index (κ1) is 25.0. The molecule has 0 amide bonds. The summed E-state index contributed by atoms with van der Waals surface area (Å²) < 4.78 is 25.0. The third-order valence-electron chi connectivity index (χ3n) is 3.48. The molecule has 4 nitrogen and oxygen atoms in total. The molecule has 0 atom stereocenters. The van der Waals surface area contributed by atoms with E-state index in [0.29, 0.717) is 31.6 Å². The number of halogens is 4. The van der Waals surface area contributed by atoms with Crippen LogP contribution in [-0.2, 0) is 8.23 Å². The Morgan fingerprint density at radius 1 is 0.552 bits per heavy atom. The van der Waals surface area contributed by atoms with Crippen LogP contribution in [0.4, 0.5) is 0 Å². The van der Waals surface area contributed by atoms with Gasteiger partial charge in [0.25, 0.3) is 0 Å². The van der Waals surface area contributed by atoms with Crippen LogP contribution in [-0.4, -0.2) is 25.7 Å². The van der Waals surface area contributed by atoms with Gasteiger partial charge in [-0.15, -0.1) is 0 Å². The number of rotatable bonds is 8. The van der Waals surface area contributed by atoms with Gasteiger partial charge in [0.2, 0.25) is 0 Å². The van der Waals surface area contributed by atoms with Gasteiger partial charge in [0.1, 0.15) is 11.5 Å². The highest BCUT2D eigenvalue weighted by atomic mass is 35.5. The predicted octanol–water partition coefficient (Wildman–Crippen LogP) is 7.90. The van der Waals surface area contributed by atoms with Gasteiger partial charge in [0.05, 0.1) is 10.0 Å². The van der Waals surface area contributed by atoms with E-state index in [1.165, 1.54) is 0 Å². The Bertz CT molecular complexity index is 809. The third-order valence-corrected chi connectivity index (χ3v) is 13.9. The van der Waals surface area contributed by atoms with Crippen molar-refractivity contribution in [3.8, 4) is 11.5 Å². The first-order valence-corrected chi connectivity index (χ1v) is 18.8. The van der Waals surface area contributed by atoms with Crippen molar-refractivity contribution in [2.45, 2.75) is 39.3 Å². The van der Waals surface area contributed by atoms with Crippen molar-refractivity contribution in [1.82, 2.24) is 0 Å². The monoisotopic (exact) mass is 528 g/mol. The largest absolute Gasteiger partial charge is 0.520 e. The van der Waals surface area contributed by atoms with Crippen molar-refractivity contribution in [2.75, 3.05) is 0 Å². The lowest BCUT2D eigenvalue weighted by molar-refractivity contribution is 0.302. The average molecular weight is 530 g/mol. The van der Waals surface area contributed by atoms with Crippen molar-refractivity contribution < 1.29 is 17.1 Å². The molecule has 160 valence electrons. The zero-order valence-corrected chi connectivity index (χ0v) is 23.1. The van der Waals surface area contributed by atoms with Gasteiger partial charge in [-0.2, -0.15) is 0 Å². The fourth-order valence-electron chi connectivity index (χ4n) is 2.89. The van der Waals surface area contributed by atoms with Gasteiger partial charge in [-0.25, -0.2) is 0 Å². The molecule has 2 aromatic rings. The van der Waals surface area contributed by atoms with Crippen LogP contribution < -0.4 is 8.85 Å². The zero-order chi connectivity index (χ0) is 22.0. The van der Waals surface area contributed by atoms with Crippen LogP contribution in [0.2, 0.25) is 59.4 Å². The van der Waals surface area contributed by atoms with Crippen molar-refractivity contribution >= 4 is 72.1 Å². The van der Waals surface area contributed by atoms with Crippen LogP contribution in [0.5, 0.6) is 11.5 Å². The second-order valence-corrected chi connectivity index (χ2v) is 19.9. The summed E-state index contributed by atoms with van der Waals surface area (Å²) in [5, 5.41) is 2.05. The molecule has 0 unspecified atom stereocenters. The molecule has 2 aromatic carbocycles. The minimum atomic E-state index is -2.63. The lowest BCUT2D eigenvalue weighted by Crippen LogP contribution is -2.56. The van der Waals surface area contributed by atoms with Gasteiger partial charge in [0.15, 0.2) is 0 Å². The fraction of sp³-hybridized carbons (Fsp3) is 0.333. The van der Waals surface area contributed by atoms with E-state index >= 15 is 0 Å². The van der Waals surface area contributed by atoms with Gasteiger partial charge in [0, 0.05) is 10.0 Å². The van der Waals surface area contributed by atoms with E-state index in [2.05, 4.69) is 0 Å². The van der Waals surface area contributed by atoms with Crippen LogP contribution in [0.1, 0.15) is 0 Å². The van der Waals surface area contributed by atoms with Crippen molar-refractivity contribution in [3.63, 3.8) is 0 Å². The Morgan fingerprint density at radius 3 is 1.24 bits per heavy atom. The summed E-state index contributed by atoms with van der Waals surface area (Å²) in [5.41, 5.74) is 0. The number of hydrogen-bond donors (Lipinski definition) is 0. The maximum atomic E-state index is 6.38. The fourth-order valence-corrected chi connectivity index (χ4v) is 15.4. The summed E-state index contributed by atoms with van der Waals surface area (Å²) >= 11 is 24.6. The first-order chi connectivity index (χ1) is 13.2. The van der Waals surface area contributed by atoms with Crippen molar-refractivity contribution in [2.24, 2.45) is 0 Å². The summed E-state index contributed by atoms with van der Waals surface area (Å²) in [4.78, 5) is 0. The Kier molecular flexibility index (Phi) is 8.20. The molecule has 0 spiro atoms. The summed E-state index contributed by atoms with van der Waals surface area (Å²) in [6, 6.07) is 10.2. The van der Waals surface area contributed by atoms with Crippen LogP contribution in [0.25, 0.3) is 0 Å². The molecule has 0 fully saturated rings. The molecule has 29 heavy (non-hydrogen) atoms. The van der Waals surface area contributed by atoms with Gasteiger partial charge in [-0.1, -0.05) is 46.4 Å². The number of hydrogen-bond acceptors (Lipinski definition) is 4. The first-order valence-electron chi connectivity index (χ1n) is 8.86. The maximum absolute atomic E-state index is 6.38. The van der Waals surface area contributed by atoms with Crippen LogP contribution in [0.3, 0.4) is 0 Å². The molecule has 0 radical (unpaired) electrons. The minimum Gasteiger partial charge on any atom is -0.520 e. The Hall–Kier alpha value is -0.229. The molecule has 11 heteroatoms. The second kappa shape index (κ2) is 9.50. The SMILES string of the molecule is C[Si](C)(Oc1cc(Cl)ccc1Cl)O[Si](C)(C)O[Si](C)(C)Oc1cc(Cl)ccc1Cl. The van der Waals surface area contributed by atoms with E-state index in [-0.39, 0.29) is 0 Å². The quantitative estimate of drug-likeness (QED) is 0.325. The van der Waals surface area contributed by atoms with E-state index < -0.39 is 25.7 Å². The standard InChI is InChI=1S/C18H24Cl4O4Si3/c1-27(2,23-17-11-13(19)7-9-15(17)21)25-29(5,6)26-28(3,4)24-18-12-14(20)8-10-16(18)22/h7-12H,1-6H3. The molecule has 0 N–H and O–H groups in total. The highest BCUT2D eigenvalue weighted by molar-refractivity contribution is 6.84. The van der Waals surface area contributed by atoms with E-state index in [0.717, 1.165) is 0 Å². The molecule has 2 rings (SSSR count). The van der Waals surface area contributed by atoms with E-state index in [1.54, 1.807) is 36.4 Å². The van der Waals surface area contributed by atoms with Crippen LogP contribution >= 0.6 is 46.4 Å². The molecular formula is C18H24Cl4O4Si3. The van der Waals surface area contributed by atoms with Gasteiger partial charge < -0.3 is 17.1 Å². The van der Waals surface area contributed by atoms with Crippen molar-refractivity contribution in [1.29, 1.82) is 0 Å². The summed E-state index contributed by atoms with van der Waals surface area (Å²) in [6.45, 7) is 11.7. The van der Waals surface area contributed by atoms with Crippen LogP contribution in [0, 0.1) is 0 Å².